The van der Waals surface area contributed by atoms with E-state index in [0.29, 0.717) is 37.0 Å². The van der Waals surface area contributed by atoms with Gasteiger partial charge in [-0.3, -0.25) is 9.59 Å². The first kappa shape index (κ1) is 13.8. The molecular weight excluding hydrogens is 240 g/mol. The van der Waals surface area contributed by atoms with Crippen LogP contribution >= 0.6 is 0 Å². The van der Waals surface area contributed by atoms with Gasteiger partial charge in [-0.25, -0.2) is 0 Å². The van der Waals surface area contributed by atoms with Gasteiger partial charge in [0.2, 0.25) is 0 Å². The maximum Gasteiger partial charge on any atom is 0.169 e. The molecule has 1 aliphatic rings. The third-order valence-electron chi connectivity index (χ3n) is 3.85. The Kier molecular flexibility index (Phi) is 4.35. The zero-order valence-electron chi connectivity index (χ0n) is 11.6. The lowest BCUT2D eigenvalue weighted by Crippen LogP contribution is -2.22. The maximum atomic E-state index is 12.6. The van der Waals surface area contributed by atoms with Crippen LogP contribution in [0.4, 0.5) is 0 Å². The molecule has 0 unspecified atom stereocenters. The Labute approximate surface area is 114 Å². The van der Waals surface area contributed by atoms with Crippen molar-refractivity contribution in [3.8, 4) is 5.75 Å². The average Bonchev–Trinajstić information content (AvgIpc) is 2.46. The maximum absolute atomic E-state index is 12.6. The second-order valence-corrected chi connectivity index (χ2v) is 5.07. The third-order valence-corrected chi connectivity index (χ3v) is 3.85. The summed E-state index contributed by atoms with van der Waals surface area (Å²) in [6, 6.07) is 5.78. The van der Waals surface area contributed by atoms with Crippen molar-refractivity contribution in [3.05, 3.63) is 29.3 Å². The Balaban J connectivity index is 2.24. The molecule has 102 valence electrons. The first-order valence-electron chi connectivity index (χ1n) is 6.88. The Morgan fingerprint density at radius 1 is 1.32 bits per heavy atom. The van der Waals surface area contributed by atoms with Crippen LogP contribution in [0.2, 0.25) is 0 Å². The van der Waals surface area contributed by atoms with Gasteiger partial charge in [0.1, 0.15) is 11.5 Å². The number of aryl methyl sites for hydroxylation is 1. The van der Waals surface area contributed by atoms with Crippen molar-refractivity contribution in [2.24, 2.45) is 5.92 Å². The highest BCUT2D eigenvalue weighted by atomic mass is 16.5. The first-order valence-corrected chi connectivity index (χ1v) is 6.88. The highest BCUT2D eigenvalue weighted by molar-refractivity contribution is 6.01. The Morgan fingerprint density at radius 2 is 2.00 bits per heavy atom. The zero-order valence-corrected chi connectivity index (χ0v) is 11.6. The number of ether oxygens (including phenoxy) is 1. The average molecular weight is 260 g/mol. The molecule has 3 nitrogen and oxygen atoms in total. The molecule has 0 amide bonds. The van der Waals surface area contributed by atoms with Crippen LogP contribution in [0.5, 0.6) is 5.75 Å². The number of rotatable bonds is 4. The standard InChI is InChI=1S/C16H20O3/c1-3-11-4-9-15(19-2)14(10-11)16(18)12-5-7-13(17)8-6-12/h4,9-10,12H,3,5-8H2,1-2H3. The molecule has 0 aromatic heterocycles. The number of Topliss-reactive ketones (excluding diaryl/α,β-unsaturated/α-hetero) is 2. The summed E-state index contributed by atoms with van der Waals surface area (Å²) in [6.45, 7) is 2.06. The Morgan fingerprint density at radius 3 is 2.58 bits per heavy atom. The van der Waals surface area contributed by atoms with E-state index in [4.69, 9.17) is 4.74 Å². The predicted molar refractivity (Wildman–Crippen MR) is 73.7 cm³/mol. The molecule has 19 heavy (non-hydrogen) atoms. The minimum atomic E-state index is -0.0290. The van der Waals surface area contributed by atoms with Crippen LogP contribution < -0.4 is 4.74 Å². The van der Waals surface area contributed by atoms with Crippen molar-refractivity contribution in [2.45, 2.75) is 39.0 Å². The summed E-state index contributed by atoms with van der Waals surface area (Å²) >= 11 is 0. The van der Waals surface area contributed by atoms with Crippen LogP contribution in [-0.4, -0.2) is 18.7 Å². The number of methoxy groups -OCH3 is 1. The van der Waals surface area contributed by atoms with E-state index in [0.717, 1.165) is 12.0 Å². The molecule has 2 rings (SSSR count). The summed E-state index contributed by atoms with van der Waals surface area (Å²) in [4.78, 5) is 23.8. The van der Waals surface area contributed by atoms with Crippen LogP contribution in [0.15, 0.2) is 18.2 Å². The molecule has 0 radical (unpaired) electrons. The number of benzene rings is 1. The molecule has 0 aliphatic heterocycles. The lowest BCUT2D eigenvalue weighted by atomic mass is 9.83. The van der Waals surface area contributed by atoms with Crippen molar-refractivity contribution in [1.82, 2.24) is 0 Å². The van der Waals surface area contributed by atoms with E-state index >= 15 is 0 Å². The molecule has 1 aromatic rings. The van der Waals surface area contributed by atoms with E-state index in [1.54, 1.807) is 7.11 Å². The van der Waals surface area contributed by atoms with Crippen LogP contribution in [0.3, 0.4) is 0 Å². The molecule has 0 bridgehead atoms. The summed E-state index contributed by atoms with van der Waals surface area (Å²) in [5, 5.41) is 0. The molecule has 0 heterocycles. The van der Waals surface area contributed by atoms with Gasteiger partial charge in [0.15, 0.2) is 5.78 Å². The van der Waals surface area contributed by atoms with Crippen molar-refractivity contribution in [1.29, 1.82) is 0 Å². The number of ketones is 2. The van der Waals surface area contributed by atoms with Gasteiger partial charge in [0, 0.05) is 18.8 Å². The summed E-state index contributed by atoms with van der Waals surface area (Å²) in [5.41, 5.74) is 1.80. The minimum absolute atomic E-state index is 0.0290. The van der Waals surface area contributed by atoms with Gasteiger partial charge in [0.25, 0.3) is 0 Å². The van der Waals surface area contributed by atoms with E-state index in [9.17, 15) is 9.59 Å². The monoisotopic (exact) mass is 260 g/mol. The highest BCUT2D eigenvalue weighted by Gasteiger charge is 2.27. The molecule has 0 spiro atoms. The topological polar surface area (TPSA) is 43.4 Å². The second-order valence-electron chi connectivity index (χ2n) is 5.07. The highest BCUT2D eigenvalue weighted by Crippen LogP contribution is 2.29. The van der Waals surface area contributed by atoms with Crippen LogP contribution in [0.1, 0.15) is 48.5 Å². The molecule has 0 saturated heterocycles. The molecule has 1 fully saturated rings. The fourth-order valence-electron chi connectivity index (χ4n) is 2.59. The number of carbonyl (C=O) groups is 2. The summed E-state index contributed by atoms with van der Waals surface area (Å²) in [6.07, 6.45) is 3.32. The quantitative estimate of drug-likeness (QED) is 0.781. The molecule has 1 aromatic carbocycles. The summed E-state index contributed by atoms with van der Waals surface area (Å²) in [5.74, 6) is 1.01. The van der Waals surface area contributed by atoms with E-state index in [1.165, 1.54) is 0 Å². The van der Waals surface area contributed by atoms with Gasteiger partial charge >= 0.3 is 0 Å². The normalized spacial score (nSPS) is 16.4. The van der Waals surface area contributed by atoms with Gasteiger partial charge in [-0.1, -0.05) is 13.0 Å². The second kappa shape index (κ2) is 6.00. The predicted octanol–water partition coefficient (Wildman–Crippen LogP) is 3.20. The van der Waals surface area contributed by atoms with Gasteiger partial charge < -0.3 is 4.74 Å². The molecular formula is C16H20O3. The molecule has 0 N–H and O–H groups in total. The Bertz CT molecular complexity index is 481. The number of hydrogen-bond acceptors (Lipinski definition) is 3. The SMILES string of the molecule is CCc1ccc(OC)c(C(=O)C2CCC(=O)CC2)c1. The number of hydrogen-bond donors (Lipinski definition) is 0. The lowest BCUT2D eigenvalue weighted by Gasteiger charge is -2.21. The Hall–Kier alpha value is -1.64. The fourth-order valence-corrected chi connectivity index (χ4v) is 2.59. The summed E-state index contributed by atoms with van der Waals surface area (Å²) in [7, 11) is 1.59. The third kappa shape index (κ3) is 3.03. The fraction of sp³-hybridized carbons (Fsp3) is 0.500. The molecule has 1 saturated carbocycles. The van der Waals surface area contributed by atoms with E-state index < -0.39 is 0 Å². The lowest BCUT2D eigenvalue weighted by molar-refractivity contribution is -0.120. The zero-order chi connectivity index (χ0) is 13.8. The van der Waals surface area contributed by atoms with Crippen molar-refractivity contribution < 1.29 is 14.3 Å². The van der Waals surface area contributed by atoms with Crippen molar-refractivity contribution in [2.75, 3.05) is 7.11 Å². The summed E-state index contributed by atoms with van der Waals surface area (Å²) < 4.78 is 5.29. The minimum Gasteiger partial charge on any atom is -0.496 e. The van der Waals surface area contributed by atoms with Crippen LogP contribution in [0, 0.1) is 5.92 Å². The number of carbonyl (C=O) groups excluding carboxylic acids is 2. The molecule has 0 atom stereocenters. The van der Waals surface area contributed by atoms with Gasteiger partial charge in [-0.05, 0) is 37.0 Å². The first-order chi connectivity index (χ1) is 9.15. The van der Waals surface area contributed by atoms with Crippen LogP contribution in [-0.2, 0) is 11.2 Å². The van der Waals surface area contributed by atoms with E-state index in [2.05, 4.69) is 6.92 Å². The largest absolute Gasteiger partial charge is 0.496 e. The van der Waals surface area contributed by atoms with Crippen molar-refractivity contribution in [3.63, 3.8) is 0 Å². The van der Waals surface area contributed by atoms with Crippen LogP contribution in [0.25, 0.3) is 0 Å². The van der Waals surface area contributed by atoms with Gasteiger partial charge in [0.05, 0.1) is 12.7 Å². The van der Waals surface area contributed by atoms with Crippen molar-refractivity contribution >= 4 is 11.6 Å². The molecule has 1 aliphatic carbocycles. The van der Waals surface area contributed by atoms with E-state index in [-0.39, 0.29) is 17.5 Å². The van der Waals surface area contributed by atoms with Gasteiger partial charge in [-0.15, -0.1) is 0 Å². The van der Waals surface area contributed by atoms with E-state index in [1.807, 2.05) is 18.2 Å². The van der Waals surface area contributed by atoms with Gasteiger partial charge in [-0.2, -0.15) is 0 Å². The smallest absolute Gasteiger partial charge is 0.169 e. The molecule has 3 heteroatoms.